The van der Waals surface area contributed by atoms with E-state index in [9.17, 15) is 9.59 Å². The molecule has 1 aromatic carbocycles. The first-order chi connectivity index (χ1) is 12.1. The lowest BCUT2D eigenvalue weighted by molar-refractivity contribution is -0.135. The maximum atomic E-state index is 12.9. The van der Waals surface area contributed by atoms with Crippen LogP contribution in [0.4, 0.5) is 0 Å². The Kier molecular flexibility index (Phi) is 3.86. The number of hydrogen-bond donors (Lipinski definition) is 0. The number of aromatic nitrogens is 4. The first-order valence-electron chi connectivity index (χ1n) is 8.98. The molecule has 1 fully saturated rings. The quantitative estimate of drug-likeness (QED) is 0.730. The highest BCUT2D eigenvalue weighted by atomic mass is 16.2. The fraction of sp³-hybridized carbons (Fsp3) is 0.500. The molecule has 0 unspecified atom stereocenters. The van der Waals surface area contributed by atoms with Crippen molar-refractivity contribution in [2.75, 3.05) is 6.54 Å². The van der Waals surface area contributed by atoms with Crippen LogP contribution in [0.3, 0.4) is 0 Å². The largest absolute Gasteiger partial charge is 0.352 e. The monoisotopic (exact) mass is 341 g/mol. The van der Waals surface area contributed by atoms with E-state index in [0.717, 1.165) is 36.8 Å². The first-order valence-corrected chi connectivity index (χ1v) is 8.98. The van der Waals surface area contributed by atoms with E-state index in [0.29, 0.717) is 12.3 Å². The van der Waals surface area contributed by atoms with E-state index in [-0.39, 0.29) is 24.2 Å². The molecule has 2 aromatic heterocycles. The van der Waals surface area contributed by atoms with Crippen molar-refractivity contribution in [3.63, 3.8) is 0 Å². The van der Waals surface area contributed by atoms with Gasteiger partial charge in [0.25, 0.3) is 0 Å². The lowest BCUT2D eigenvalue weighted by Crippen LogP contribution is -2.44. The van der Waals surface area contributed by atoms with Gasteiger partial charge in [0.05, 0.1) is 11.0 Å². The minimum Gasteiger partial charge on any atom is -0.338 e. The van der Waals surface area contributed by atoms with Crippen LogP contribution < -0.4 is 5.69 Å². The number of imidazole rings is 1. The SMILES string of the molecule is CCn1c2ccccc2n2c(=O)n(CC(=O)N3CCCC[C@@H]3C)nc12. The fourth-order valence-electron chi connectivity index (χ4n) is 3.87. The van der Waals surface area contributed by atoms with Gasteiger partial charge >= 0.3 is 5.69 Å². The van der Waals surface area contributed by atoms with Crippen molar-refractivity contribution in [2.24, 2.45) is 0 Å². The summed E-state index contributed by atoms with van der Waals surface area (Å²) in [4.78, 5) is 27.4. The Balaban J connectivity index is 1.75. The van der Waals surface area contributed by atoms with Gasteiger partial charge in [0.15, 0.2) is 0 Å². The third-order valence-electron chi connectivity index (χ3n) is 5.20. The Hall–Kier alpha value is -2.57. The molecule has 0 bridgehead atoms. The van der Waals surface area contributed by atoms with E-state index in [1.165, 1.54) is 4.68 Å². The molecule has 1 saturated heterocycles. The predicted octanol–water partition coefficient (Wildman–Crippen LogP) is 1.87. The second-order valence-electron chi connectivity index (χ2n) is 6.74. The number of fused-ring (bicyclic) bond motifs is 3. The second-order valence-corrected chi connectivity index (χ2v) is 6.74. The average molecular weight is 341 g/mol. The molecule has 3 aromatic rings. The van der Waals surface area contributed by atoms with Gasteiger partial charge in [0.2, 0.25) is 11.7 Å². The zero-order chi connectivity index (χ0) is 17.6. The average Bonchev–Trinajstić information content (AvgIpc) is 3.09. The second kappa shape index (κ2) is 6.06. The van der Waals surface area contributed by atoms with E-state index in [4.69, 9.17) is 0 Å². The molecule has 1 aliphatic rings. The highest BCUT2D eigenvalue weighted by Crippen LogP contribution is 2.19. The molecular weight excluding hydrogens is 318 g/mol. The van der Waals surface area contributed by atoms with Crippen LogP contribution in [-0.2, 0) is 17.9 Å². The Labute approximate surface area is 145 Å². The Morgan fingerprint density at radius 2 is 2.00 bits per heavy atom. The van der Waals surface area contributed by atoms with Gasteiger partial charge in [0.1, 0.15) is 6.54 Å². The topological polar surface area (TPSA) is 64.5 Å². The number of benzene rings is 1. The Morgan fingerprint density at radius 3 is 2.72 bits per heavy atom. The van der Waals surface area contributed by atoms with Crippen LogP contribution >= 0.6 is 0 Å². The van der Waals surface area contributed by atoms with E-state index in [1.54, 1.807) is 4.40 Å². The summed E-state index contributed by atoms with van der Waals surface area (Å²) >= 11 is 0. The predicted molar refractivity (Wildman–Crippen MR) is 95.6 cm³/mol. The van der Waals surface area contributed by atoms with Crippen LogP contribution in [0.15, 0.2) is 29.1 Å². The number of para-hydroxylation sites is 2. The van der Waals surface area contributed by atoms with Crippen LogP contribution in [0, 0.1) is 0 Å². The van der Waals surface area contributed by atoms with Crippen LogP contribution in [0.25, 0.3) is 16.8 Å². The van der Waals surface area contributed by atoms with Gasteiger partial charge in [-0.25, -0.2) is 13.9 Å². The van der Waals surface area contributed by atoms with Crippen molar-refractivity contribution in [1.82, 2.24) is 23.6 Å². The maximum absolute atomic E-state index is 12.9. The van der Waals surface area contributed by atoms with Gasteiger partial charge in [-0.15, -0.1) is 5.10 Å². The van der Waals surface area contributed by atoms with Crippen molar-refractivity contribution in [2.45, 2.75) is 52.2 Å². The van der Waals surface area contributed by atoms with Crippen molar-refractivity contribution in [1.29, 1.82) is 0 Å². The molecule has 0 saturated carbocycles. The summed E-state index contributed by atoms with van der Waals surface area (Å²) in [6, 6.07) is 7.99. The highest BCUT2D eigenvalue weighted by Gasteiger charge is 2.25. The molecule has 1 atom stereocenters. The molecule has 7 nitrogen and oxygen atoms in total. The van der Waals surface area contributed by atoms with E-state index in [1.807, 2.05) is 40.7 Å². The lowest BCUT2D eigenvalue weighted by Gasteiger charge is -2.33. The number of likely N-dealkylation sites (tertiary alicyclic amines) is 1. The number of amides is 1. The number of rotatable bonds is 3. The Bertz CT molecular complexity index is 996. The summed E-state index contributed by atoms with van der Waals surface area (Å²) in [6.45, 7) is 5.58. The summed E-state index contributed by atoms with van der Waals surface area (Å²) in [5.74, 6) is 0.565. The molecule has 25 heavy (non-hydrogen) atoms. The van der Waals surface area contributed by atoms with Gasteiger partial charge < -0.3 is 9.47 Å². The molecule has 0 N–H and O–H groups in total. The summed E-state index contributed by atoms with van der Waals surface area (Å²) in [5, 5.41) is 4.46. The van der Waals surface area contributed by atoms with Crippen molar-refractivity contribution in [3.05, 3.63) is 34.7 Å². The molecule has 0 aliphatic carbocycles. The number of hydrogen-bond acceptors (Lipinski definition) is 3. The molecular formula is C18H23N5O2. The molecule has 132 valence electrons. The van der Waals surface area contributed by atoms with Gasteiger partial charge in [-0.2, -0.15) is 0 Å². The summed E-state index contributed by atoms with van der Waals surface area (Å²) in [7, 11) is 0. The molecule has 0 spiro atoms. The van der Waals surface area contributed by atoms with E-state index >= 15 is 0 Å². The molecule has 3 heterocycles. The molecule has 7 heteroatoms. The molecule has 4 rings (SSSR count). The standard InChI is InChI=1S/C18H23N5O2/c1-3-20-14-9-4-5-10-15(14)23-17(20)19-22(18(23)25)12-16(24)21-11-7-6-8-13(21)2/h4-5,9-10,13H,3,6-8,11-12H2,1-2H3/t13-/m0/s1. The Morgan fingerprint density at radius 1 is 1.24 bits per heavy atom. The van der Waals surface area contributed by atoms with Crippen molar-refractivity contribution >= 4 is 22.7 Å². The maximum Gasteiger partial charge on any atom is 0.352 e. The smallest absolute Gasteiger partial charge is 0.338 e. The molecule has 1 aliphatic heterocycles. The van der Waals surface area contributed by atoms with Gasteiger partial charge in [0, 0.05) is 19.1 Å². The fourth-order valence-corrected chi connectivity index (χ4v) is 3.87. The minimum absolute atomic E-state index is 0.00287. The number of piperidine rings is 1. The first kappa shape index (κ1) is 15.9. The van der Waals surface area contributed by atoms with Gasteiger partial charge in [-0.05, 0) is 45.2 Å². The molecule has 0 radical (unpaired) electrons. The number of carbonyl (C=O) groups excluding carboxylic acids is 1. The minimum atomic E-state index is -0.253. The highest BCUT2D eigenvalue weighted by molar-refractivity contribution is 5.81. The van der Waals surface area contributed by atoms with Crippen molar-refractivity contribution < 1.29 is 4.79 Å². The van der Waals surface area contributed by atoms with Gasteiger partial charge in [-0.1, -0.05) is 12.1 Å². The van der Waals surface area contributed by atoms with Crippen LogP contribution in [0.1, 0.15) is 33.1 Å². The van der Waals surface area contributed by atoms with Crippen LogP contribution in [-0.4, -0.2) is 42.1 Å². The van der Waals surface area contributed by atoms with E-state index in [2.05, 4.69) is 12.0 Å². The number of nitrogens with zero attached hydrogens (tertiary/aromatic N) is 5. The molecule has 1 amide bonds. The zero-order valence-corrected chi connectivity index (χ0v) is 14.7. The van der Waals surface area contributed by atoms with E-state index < -0.39 is 0 Å². The summed E-state index contributed by atoms with van der Waals surface area (Å²) in [6.07, 6.45) is 3.21. The number of aryl methyl sites for hydroxylation is 1. The normalized spacial score (nSPS) is 18.3. The van der Waals surface area contributed by atoms with Gasteiger partial charge in [-0.3, -0.25) is 4.79 Å². The summed E-state index contributed by atoms with van der Waals surface area (Å²) < 4.78 is 4.91. The zero-order valence-electron chi connectivity index (χ0n) is 14.7. The number of carbonyl (C=O) groups is 1. The van der Waals surface area contributed by atoms with Crippen LogP contribution in [0.5, 0.6) is 0 Å². The van der Waals surface area contributed by atoms with Crippen molar-refractivity contribution in [3.8, 4) is 0 Å². The lowest BCUT2D eigenvalue weighted by atomic mass is 10.0. The third-order valence-corrected chi connectivity index (χ3v) is 5.20. The van der Waals surface area contributed by atoms with Crippen LogP contribution in [0.2, 0.25) is 0 Å². The third kappa shape index (κ3) is 2.45. The summed E-state index contributed by atoms with van der Waals surface area (Å²) in [5.41, 5.74) is 1.55.